The Morgan fingerprint density at radius 2 is 1.69 bits per heavy atom. The predicted molar refractivity (Wildman–Crippen MR) is 117 cm³/mol. The number of carbonyl (C=O) groups excluding carboxylic acids is 2. The van der Waals surface area contributed by atoms with Crippen molar-refractivity contribution < 1.29 is 22.7 Å². The first-order valence-corrected chi connectivity index (χ1v) is 12.1. The lowest BCUT2D eigenvalue weighted by Crippen LogP contribution is -2.44. The summed E-state index contributed by atoms with van der Waals surface area (Å²) < 4.78 is 33.5. The highest BCUT2D eigenvalue weighted by Gasteiger charge is 2.27. The number of benzene rings is 1. The van der Waals surface area contributed by atoms with Crippen LogP contribution in [-0.2, 0) is 26.2 Å². The topological polar surface area (TPSA) is 128 Å². The maximum Gasteiger partial charge on any atom is 0.266 e. The van der Waals surface area contributed by atoms with Crippen LogP contribution in [0.1, 0.15) is 26.2 Å². The summed E-state index contributed by atoms with van der Waals surface area (Å²) in [7, 11) is -3.74. The number of nitrogens with one attached hydrogen (secondary N) is 1. The first kappa shape index (κ1) is 23.6. The molecule has 11 heteroatoms. The van der Waals surface area contributed by atoms with Gasteiger partial charge in [-0.25, -0.2) is 17.8 Å². The minimum Gasteiger partial charge on any atom is -0.494 e. The molecule has 0 radical (unpaired) electrons. The van der Waals surface area contributed by atoms with E-state index in [0.717, 1.165) is 16.2 Å². The van der Waals surface area contributed by atoms with Crippen LogP contribution in [0.15, 0.2) is 41.2 Å². The lowest BCUT2D eigenvalue weighted by atomic mass is 10.1. The number of imide groups is 1. The molecule has 1 N–H and O–H groups in total. The van der Waals surface area contributed by atoms with Crippen molar-refractivity contribution in [1.82, 2.24) is 19.4 Å². The van der Waals surface area contributed by atoms with Crippen LogP contribution in [0.25, 0.3) is 11.3 Å². The van der Waals surface area contributed by atoms with Crippen LogP contribution >= 0.6 is 0 Å². The van der Waals surface area contributed by atoms with Crippen LogP contribution in [0.3, 0.4) is 0 Å². The summed E-state index contributed by atoms with van der Waals surface area (Å²) in [5.74, 6) is -0.359. The third kappa shape index (κ3) is 6.24. The molecular formula is C21H26N4O6S. The van der Waals surface area contributed by atoms with Crippen LogP contribution in [0.5, 0.6) is 5.75 Å². The zero-order valence-corrected chi connectivity index (χ0v) is 18.6. The second-order valence-corrected chi connectivity index (χ2v) is 9.17. The lowest BCUT2D eigenvalue weighted by Gasteiger charge is -2.24. The molecule has 1 aliphatic heterocycles. The van der Waals surface area contributed by atoms with E-state index in [4.69, 9.17) is 4.74 Å². The van der Waals surface area contributed by atoms with Gasteiger partial charge in [-0.05, 0) is 43.7 Å². The van der Waals surface area contributed by atoms with Crippen molar-refractivity contribution >= 4 is 21.8 Å². The number of rotatable bonds is 10. The van der Waals surface area contributed by atoms with E-state index in [1.807, 2.05) is 31.2 Å². The van der Waals surface area contributed by atoms with Gasteiger partial charge in [0.1, 0.15) is 5.75 Å². The van der Waals surface area contributed by atoms with Gasteiger partial charge in [0.15, 0.2) is 0 Å². The van der Waals surface area contributed by atoms with Gasteiger partial charge >= 0.3 is 0 Å². The van der Waals surface area contributed by atoms with Gasteiger partial charge in [-0.15, -0.1) is 0 Å². The molecule has 0 unspecified atom stereocenters. The van der Waals surface area contributed by atoms with E-state index in [-0.39, 0.29) is 55.6 Å². The number of hydrogen-bond donors (Lipinski definition) is 1. The average molecular weight is 463 g/mol. The first-order valence-electron chi connectivity index (χ1n) is 10.4. The van der Waals surface area contributed by atoms with Gasteiger partial charge in [0.05, 0.1) is 24.6 Å². The van der Waals surface area contributed by atoms with Crippen molar-refractivity contribution in [3.63, 3.8) is 0 Å². The van der Waals surface area contributed by atoms with E-state index in [1.165, 1.54) is 10.7 Å². The highest BCUT2D eigenvalue weighted by Crippen LogP contribution is 2.19. The van der Waals surface area contributed by atoms with Gasteiger partial charge in [-0.2, -0.15) is 5.10 Å². The van der Waals surface area contributed by atoms with Crippen molar-refractivity contribution in [1.29, 1.82) is 0 Å². The summed E-state index contributed by atoms with van der Waals surface area (Å²) >= 11 is 0. The SMILES string of the molecule is CCOc1ccc(-c2ccc(=O)n(CCNS(=O)(=O)CCN3C(=O)CCCC3=O)n2)cc1. The molecule has 1 fully saturated rings. The van der Waals surface area contributed by atoms with Crippen molar-refractivity contribution in [2.75, 3.05) is 25.4 Å². The Kier molecular flexibility index (Phi) is 7.75. The number of sulfonamides is 1. The zero-order valence-electron chi connectivity index (χ0n) is 17.8. The number of hydrogen-bond acceptors (Lipinski definition) is 7. The minimum absolute atomic E-state index is 0.0323. The Balaban J connectivity index is 1.58. The number of nitrogens with zero attached hydrogens (tertiary/aromatic N) is 3. The third-order valence-corrected chi connectivity index (χ3v) is 6.30. The Morgan fingerprint density at radius 3 is 2.34 bits per heavy atom. The summed E-state index contributed by atoms with van der Waals surface area (Å²) in [6, 6.07) is 10.2. The predicted octanol–water partition coefficient (Wildman–Crippen LogP) is 0.767. The normalized spacial score (nSPS) is 14.6. The van der Waals surface area contributed by atoms with Crippen LogP contribution in [0.4, 0.5) is 0 Å². The smallest absolute Gasteiger partial charge is 0.266 e. The van der Waals surface area contributed by atoms with Gasteiger partial charge in [0, 0.05) is 37.6 Å². The number of likely N-dealkylation sites (tertiary alicyclic amines) is 1. The number of piperidine rings is 1. The summed E-state index contributed by atoms with van der Waals surface area (Å²) in [4.78, 5) is 36.7. The number of carbonyl (C=O) groups is 2. The number of amides is 2. The van der Waals surface area contributed by atoms with E-state index < -0.39 is 10.0 Å². The molecule has 0 aliphatic carbocycles. The number of aromatic nitrogens is 2. The van der Waals surface area contributed by atoms with E-state index >= 15 is 0 Å². The molecular weight excluding hydrogens is 436 g/mol. The summed E-state index contributed by atoms with van der Waals surface area (Å²) in [6.45, 7) is 2.25. The summed E-state index contributed by atoms with van der Waals surface area (Å²) in [6.07, 6.45) is 0.994. The molecule has 172 valence electrons. The van der Waals surface area contributed by atoms with Crippen molar-refractivity contribution in [2.24, 2.45) is 0 Å². The quantitative estimate of drug-likeness (QED) is 0.517. The molecule has 1 aliphatic rings. The van der Waals surface area contributed by atoms with Crippen molar-refractivity contribution in [2.45, 2.75) is 32.7 Å². The standard InChI is InChI=1S/C21H26N4O6S/c1-2-31-17-8-6-16(7-9-17)18-10-11-21(28)25(23-18)13-12-22-32(29,30)15-14-24-19(26)4-3-5-20(24)27/h6-11,22H,2-5,12-15H2,1H3. The second kappa shape index (κ2) is 10.5. The van der Waals surface area contributed by atoms with E-state index in [1.54, 1.807) is 6.07 Å². The zero-order chi connectivity index (χ0) is 23.1. The fourth-order valence-corrected chi connectivity index (χ4v) is 4.26. The highest BCUT2D eigenvalue weighted by atomic mass is 32.2. The first-order chi connectivity index (χ1) is 15.3. The monoisotopic (exact) mass is 462 g/mol. The van der Waals surface area contributed by atoms with Gasteiger partial charge in [0.2, 0.25) is 21.8 Å². The third-order valence-electron chi connectivity index (χ3n) is 4.94. The molecule has 0 saturated carbocycles. The minimum atomic E-state index is -3.74. The molecule has 0 spiro atoms. The van der Waals surface area contributed by atoms with Crippen LogP contribution in [-0.4, -0.2) is 60.4 Å². The van der Waals surface area contributed by atoms with Crippen LogP contribution in [0, 0.1) is 0 Å². The molecule has 2 aromatic rings. The van der Waals surface area contributed by atoms with Gasteiger partial charge < -0.3 is 4.74 Å². The molecule has 3 rings (SSSR count). The van der Waals surface area contributed by atoms with E-state index in [9.17, 15) is 22.8 Å². The molecule has 32 heavy (non-hydrogen) atoms. The Bertz CT molecular complexity index is 1110. The Hall–Kier alpha value is -3.05. The summed E-state index contributed by atoms with van der Waals surface area (Å²) in [5.41, 5.74) is 1.000. The molecule has 2 amide bonds. The van der Waals surface area contributed by atoms with Crippen LogP contribution < -0.4 is 15.0 Å². The number of ether oxygens (including phenoxy) is 1. The molecule has 0 atom stereocenters. The molecule has 2 heterocycles. The van der Waals surface area contributed by atoms with Gasteiger partial charge in [-0.1, -0.05) is 0 Å². The van der Waals surface area contributed by atoms with E-state index in [0.29, 0.717) is 18.7 Å². The molecule has 10 nitrogen and oxygen atoms in total. The largest absolute Gasteiger partial charge is 0.494 e. The fraction of sp³-hybridized carbons (Fsp3) is 0.429. The molecule has 1 saturated heterocycles. The van der Waals surface area contributed by atoms with Crippen LogP contribution in [0.2, 0.25) is 0 Å². The lowest BCUT2D eigenvalue weighted by molar-refractivity contribution is -0.147. The molecule has 1 aromatic carbocycles. The van der Waals surface area contributed by atoms with Crippen molar-refractivity contribution in [3.05, 3.63) is 46.8 Å². The Morgan fingerprint density at radius 1 is 1.00 bits per heavy atom. The second-order valence-electron chi connectivity index (χ2n) is 7.24. The fourth-order valence-electron chi connectivity index (χ4n) is 3.29. The van der Waals surface area contributed by atoms with E-state index in [2.05, 4.69) is 9.82 Å². The Labute approximate surface area is 186 Å². The molecule has 1 aromatic heterocycles. The average Bonchev–Trinajstić information content (AvgIpc) is 2.75. The maximum atomic E-state index is 12.3. The highest BCUT2D eigenvalue weighted by molar-refractivity contribution is 7.89. The molecule has 0 bridgehead atoms. The van der Waals surface area contributed by atoms with Gasteiger partial charge in [-0.3, -0.25) is 19.3 Å². The maximum absolute atomic E-state index is 12.3. The summed E-state index contributed by atoms with van der Waals surface area (Å²) in [5, 5.41) is 4.31. The van der Waals surface area contributed by atoms with Gasteiger partial charge in [0.25, 0.3) is 5.56 Å². The van der Waals surface area contributed by atoms with Crippen molar-refractivity contribution in [3.8, 4) is 17.0 Å².